The van der Waals surface area contributed by atoms with E-state index in [2.05, 4.69) is 0 Å². The standard InChI is InChI=1S/C11H19ClF3NO/c1-10(2)4-3-9(17-10)7-16(6-5-12)8-11(13,14)15/h9H,3-8H2,1-2H3. The molecule has 1 aliphatic rings. The van der Waals surface area contributed by atoms with Crippen molar-refractivity contribution >= 4 is 11.6 Å². The molecule has 1 rings (SSSR count). The molecule has 1 aliphatic heterocycles. The maximum Gasteiger partial charge on any atom is 0.401 e. The SMILES string of the molecule is CC1(C)CCC(CN(CCCl)CC(F)(F)F)O1. The zero-order valence-corrected chi connectivity index (χ0v) is 10.9. The van der Waals surface area contributed by atoms with Gasteiger partial charge in [-0.25, -0.2) is 0 Å². The van der Waals surface area contributed by atoms with Gasteiger partial charge in [0, 0.05) is 19.0 Å². The Hall–Kier alpha value is -0.0000000000000000486. The van der Waals surface area contributed by atoms with Crippen LogP contribution in [-0.2, 0) is 4.74 Å². The van der Waals surface area contributed by atoms with Gasteiger partial charge in [0.25, 0.3) is 0 Å². The fourth-order valence-electron chi connectivity index (χ4n) is 2.10. The average molecular weight is 274 g/mol. The fourth-order valence-corrected chi connectivity index (χ4v) is 2.34. The normalized spacial score (nSPS) is 24.5. The third kappa shape index (κ3) is 5.93. The molecule has 0 aromatic rings. The van der Waals surface area contributed by atoms with Gasteiger partial charge >= 0.3 is 6.18 Å². The van der Waals surface area contributed by atoms with Gasteiger partial charge in [-0.1, -0.05) is 0 Å². The second-order valence-corrected chi connectivity index (χ2v) is 5.46. The Morgan fingerprint density at radius 1 is 1.41 bits per heavy atom. The number of rotatable bonds is 5. The summed E-state index contributed by atoms with van der Waals surface area (Å²) in [7, 11) is 0. The largest absolute Gasteiger partial charge is 0.401 e. The van der Waals surface area contributed by atoms with Crippen LogP contribution in [0, 0.1) is 0 Å². The summed E-state index contributed by atoms with van der Waals surface area (Å²) in [4.78, 5) is 1.32. The molecule has 0 aromatic carbocycles. The van der Waals surface area contributed by atoms with Crippen LogP contribution in [0.3, 0.4) is 0 Å². The Balaban J connectivity index is 2.44. The monoisotopic (exact) mass is 273 g/mol. The van der Waals surface area contributed by atoms with Gasteiger partial charge in [0.1, 0.15) is 0 Å². The number of alkyl halides is 4. The number of ether oxygens (including phenoxy) is 1. The Bertz CT molecular complexity index is 245. The summed E-state index contributed by atoms with van der Waals surface area (Å²) >= 11 is 5.52. The Kier molecular flexibility index (Phi) is 5.10. The summed E-state index contributed by atoms with van der Waals surface area (Å²) in [6.45, 7) is 3.54. The zero-order valence-electron chi connectivity index (χ0n) is 10.2. The summed E-state index contributed by atoms with van der Waals surface area (Å²) < 4.78 is 42.7. The number of hydrogen-bond acceptors (Lipinski definition) is 2. The molecule has 2 nitrogen and oxygen atoms in total. The molecule has 1 heterocycles. The highest BCUT2D eigenvalue weighted by atomic mass is 35.5. The predicted octanol–water partition coefficient (Wildman–Crippen LogP) is 3.05. The third-order valence-electron chi connectivity index (χ3n) is 2.82. The van der Waals surface area contributed by atoms with Crippen molar-refractivity contribution in [1.82, 2.24) is 4.90 Å². The van der Waals surface area contributed by atoms with Crippen molar-refractivity contribution in [2.45, 2.75) is 44.6 Å². The van der Waals surface area contributed by atoms with E-state index in [1.807, 2.05) is 13.8 Å². The van der Waals surface area contributed by atoms with Crippen LogP contribution in [0.15, 0.2) is 0 Å². The van der Waals surface area contributed by atoms with Crippen molar-refractivity contribution < 1.29 is 17.9 Å². The van der Waals surface area contributed by atoms with Gasteiger partial charge in [0.2, 0.25) is 0 Å². The summed E-state index contributed by atoms with van der Waals surface area (Å²) in [6, 6.07) is 0. The zero-order chi connectivity index (χ0) is 13.1. The number of hydrogen-bond donors (Lipinski definition) is 0. The van der Waals surface area contributed by atoms with E-state index in [0.717, 1.165) is 12.8 Å². The molecule has 0 radical (unpaired) electrons. The quantitative estimate of drug-likeness (QED) is 0.714. The van der Waals surface area contributed by atoms with E-state index in [1.54, 1.807) is 0 Å². The van der Waals surface area contributed by atoms with Gasteiger partial charge in [-0.2, -0.15) is 13.2 Å². The van der Waals surface area contributed by atoms with E-state index in [0.29, 0.717) is 6.54 Å². The molecule has 6 heteroatoms. The first-order valence-corrected chi connectivity index (χ1v) is 6.28. The molecule has 1 unspecified atom stereocenters. The van der Waals surface area contributed by atoms with Crippen molar-refractivity contribution in [3.63, 3.8) is 0 Å². The lowest BCUT2D eigenvalue weighted by atomic mass is 10.1. The van der Waals surface area contributed by atoms with Gasteiger partial charge in [0.05, 0.1) is 18.2 Å². The molecule has 17 heavy (non-hydrogen) atoms. The summed E-state index contributed by atoms with van der Waals surface area (Å²) in [6.07, 6.45) is -2.60. The third-order valence-corrected chi connectivity index (χ3v) is 2.99. The van der Waals surface area contributed by atoms with E-state index < -0.39 is 12.7 Å². The Morgan fingerprint density at radius 3 is 2.47 bits per heavy atom. The van der Waals surface area contributed by atoms with Crippen LogP contribution >= 0.6 is 11.6 Å². The lowest BCUT2D eigenvalue weighted by Gasteiger charge is -2.27. The first-order chi connectivity index (χ1) is 7.72. The maximum absolute atomic E-state index is 12.3. The van der Waals surface area contributed by atoms with E-state index in [-0.39, 0.29) is 24.1 Å². The van der Waals surface area contributed by atoms with Gasteiger partial charge < -0.3 is 4.74 Å². The minimum atomic E-state index is -4.18. The smallest absolute Gasteiger partial charge is 0.371 e. The van der Waals surface area contributed by atoms with Crippen molar-refractivity contribution in [3.05, 3.63) is 0 Å². The van der Waals surface area contributed by atoms with Crippen LogP contribution in [0.1, 0.15) is 26.7 Å². The lowest BCUT2D eigenvalue weighted by Crippen LogP contribution is -2.40. The van der Waals surface area contributed by atoms with E-state index in [9.17, 15) is 13.2 Å². The fraction of sp³-hybridized carbons (Fsp3) is 1.00. The highest BCUT2D eigenvalue weighted by Gasteiger charge is 2.35. The molecule has 0 aromatic heterocycles. The van der Waals surface area contributed by atoms with Crippen LogP contribution in [0.4, 0.5) is 13.2 Å². The van der Waals surface area contributed by atoms with Crippen molar-refractivity contribution in [2.75, 3.05) is 25.5 Å². The lowest BCUT2D eigenvalue weighted by molar-refractivity contribution is -0.149. The number of halogens is 4. The molecule has 0 saturated carbocycles. The van der Waals surface area contributed by atoms with Gasteiger partial charge in [-0.3, -0.25) is 4.90 Å². The van der Waals surface area contributed by atoms with Gasteiger partial charge in [-0.15, -0.1) is 11.6 Å². The molecule has 1 fully saturated rings. The minimum Gasteiger partial charge on any atom is -0.371 e. The van der Waals surface area contributed by atoms with E-state index in [4.69, 9.17) is 16.3 Å². The van der Waals surface area contributed by atoms with Crippen molar-refractivity contribution in [3.8, 4) is 0 Å². The highest BCUT2D eigenvalue weighted by molar-refractivity contribution is 6.18. The molecular weight excluding hydrogens is 255 g/mol. The van der Waals surface area contributed by atoms with Gasteiger partial charge in [-0.05, 0) is 26.7 Å². The predicted molar refractivity (Wildman–Crippen MR) is 61.4 cm³/mol. The van der Waals surface area contributed by atoms with Crippen molar-refractivity contribution in [1.29, 1.82) is 0 Å². The summed E-state index contributed by atoms with van der Waals surface area (Å²) in [5.41, 5.74) is -0.213. The van der Waals surface area contributed by atoms with Crippen LogP contribution < -0.4 is 0 Å². The molecular formula is C11H19ClF3NO. The van der Waals surface area contributed by atoms with Crippen LogP contribution in [0.2, 0.25) is 0 Å². The molecule has 1 saturated heterocycles. The second kappa shape index (κ2) is 5.76. The second-order valence-electron chi connectivity index (χ2n) is 5.08. The molecule has 0 spiro atoms. The van der Waals surface area contributed by atoms with E-state index >= 15 is 0 Å². The molecule has 102 valence electrons. The minimum absolute atomic E-state index is 0.115. The summed E-state index contributed by atoms with van der Waals surface area (Å²) in [5, 5.41) is 0. The van der Waals surface area contributed by atoms with Crippen molar-refractivity contribution in [2.24, 2.45) is 0 Å². The topological polar surface area (TPSA) is 12.5 Å². The van der Waals surface area contributed by atoms with Crippen LogP contribution in [0.5, 0.6) is 0 Å². The number of nitrogens with zero attached hydrogens (tertiary/aromatic N) is 1. The Morgan fingerprint density at radius 2 is 2.06 bits per heavy atom. The average Bonchev–Trinajstić information content (AvgIpc) is 2.42. The molecule has 0 aliphatic carbocycles. The molecule has 0 bridgehead atoms. The maximum atomic E-state index is 12.3. The van der Waals surface area contributed by atoms with Crippen LogP contribution in [-0.4, -0.2) is 48.3 Å². The molecule has 0 N–H and O–H groups in total. The first kappa shape index (κ1) is 15.1. The van der Waals surface area contributed by atoms with Gasteiger partial charge in [0.15, 0.2) is 0 Å². The van der Waals surface area contributed by atoms with E-state index in [1.165, 1.54) is 4.90 Å². The van der Waals surface area contributed by atoms with Crippen LogP contribution in [0.25, 0.3) is 0 Å². The highest BCUT2D eigenvalue weighted by Crippen LogP contribution is 2.30. The first-order valence-electron chi connectivity index (χ1n) is 5.75. The Labute approximate surface area is 105 Å². The molecule has 1 atom stereocenters. The molecule has 0 amide bonds. The summed E-state index contributed by atoms with van der Waals surface area (Å²) in [5.74, 6) is 0.201.